The summed E-state index contributed by atoms with van der Waals surface area (Å²) in [5.74, 6) is 1.28. The van der Waals surface area contributed by atoms with Crippen LogP contribution < -0.4 is 10.2 Å². The summed E-state index contributed by atoms with van der Waals surface area (Å²) < 4.78 is 15.2. The molecule has 0 bridgehead atoms. The molecule has 2 saturated heterocycles. The maximum atomic E-state index is 13.2. The average Bonchev–Trinajstić information content (AvgIpc) is 3.33. The van der Waals surface area contributed by atoms with Gasteiger partial charge in [0.25, 0.3) is 0 Å². The van der Waals surface area contributed by atoms with Crippen LogP contribution >= 0.6 is 0 Å². The number of aromatic nitrogens is 3. The highest BCUT2D eigenvalue weighted by Crippen LogP contribution is 2.32. The zero-order valence-electron chi connectivity index (χ0n) is 19.0. The number of rotatable bonds is 7. The van der Waals surface area contributed by atoms with Crippen LogP contribution in [0.1, 0.15) is 30.5 Å². The van der Waals surface area contributed by atoms with Crippen LogP contribution in [-0.4, -0.2) is 95.9 Å². The second-order valence-electron chi connectivity index (χ2n) is 9.55. The minimum absolute atomic E-state index is 0.0174. The quantitative estimate of drug-likeness (QED) is 0.648. The minimum Gasteiger partial charge on any atom is -0.356 e. The van der Waals surface area contributed by atoms with Gasteiger partial charge in [0, 0.05) is 63.9 Å². The summed E-state index contributed by atoms with van der Waals surface area (Å²) in [7, 11) is 2.16. The highest BCUT2D eigenvalue weighted by Gasteiger charge is 2.36. The van der Waals surface area contributed by atoms with E-state index >= 15 is 0 Å². The molecule has 32 heavy (non-hydrogen) atoms. The van der Waals surface area contributed by atoms with Gasteiger partial charge in [-0.3, -0.25) is 4.79 Å². The van der Waals surface area contributed by atoms with Crippen LogP contribution in [0, 0.1) is 5.92 Å². The highest BCUT2D eigenvalue weighted by molar-refractivity contribution is 5.82. The van der Waals surface area contributed by atoms with Gasteiger partial charge >= 0.3 is 0 Å². The lowest BCUT2D eigenvalue weighted by atomic mass is 9.97. The van der Waals surface area contributed by atoms with Crippen molar-refractivity contribution in [2.75, 3.05) is 64.3 Å². The summed E-state index contributed by atoms with van der Waals surface area (Å²) in [5.41, 5.74) is 3.33. The number of hydrogen-bond donors (Lipinski definition) is 1. The Bertz CT molecular complexity index is 957. The Hall–Kier alpha value is -2.26. The summed E-state index contributed by atoms with van der Waals surface area (Å²) >= 11 is 0. The van der Waals surface area contributed by atoms with Gasteiger partial charge in [-0.15, -0.1) is 0 Å². The van der Waals surface area contributed by atoms with E-state index in [2.05, 4.69) is 32.2 Å². The van der Waals surface area contributed by atoms with Crippen LogP contribution in [0.5, 0.6) is 0 Å². The van der Waals surface area contributed by atoms with E-state index in [0.29, 0.717) is 19.5 Å². The predicted molar refractivity (Wildman–Crippen MR) is 122 cm³/mol. The molecule has 1 amide bonds. The highest BCUT2D eigenvalue weighted by atomic mass is 19.1. The molecule has 1 atom stereocenters. The lowest BCUT2D eigenvalue weighted by Gasteiger charge is -2.41. The summed E-state index contributed by atoms with van der Waals surface area (Å²) in [6, 6.07) is 1.96. The van der Waals surface area contributed by atoms with E-state index in [0.717, 1.165) is 76.4 Å². The second kappa shape index (κ2) is 9.31. The molecular weight excluding hydrogens is 409 g/mol. The first kappa shape index (κ1) is 21.6. The maximum Gasteiger partial charge on any atom is 0.226 e. The lowest BCUT2D eigenvalue weighted by Crippen LogP contribution is -2.54. The molecule has 9 heteroatoms. The molecule has 5 heterocycles. The van der Waals surface area contributed by atoms with E-state index in [1.165, 1.54) is 11.3 Å². The SMILES string of the molecule is CN1CCc2nc3ccnn3c(N3CC(C(=O)NCCCCN4CC[C@H](F)C4)C3)c2CC1. The molecule has 0 spiro atoms. The van der Waals surface area contributed by atoms with Crippen molar-refractivity contribution in [2.45, 2.75) is 38.3 Å². The van der Waals surface area contributed by atoms with Gasteiger partial charge in [-0.25, -0.2) is 9.37 Å². The zero-order chi connectivity index (χ0) is 22.1. The molecule has 1 N–H and O–H groups in total. The number of carbonyl (C=O) groups excluding carboxylic acids is 1. The van der Waals surface area contributed by atoms with Crippen molar-refractivity contribution >= 4 is 17.4 Å². The fourth-order valence-electron chi connectivity index (χ4n) is 5.13. The van der Waals surface area contributed by atoms with Crippen molar-refractivity contribution in [1.82, 2.24) is 29.7 Å². The first-order chi connectivity index (χ1) is 15.6. The summed E-state index contributed by atoms with van der Waals surface area (Å²) in [6.45, 7) is 6.53. The van der Waals surface area contributed by atoms with E-state index in [1.54, 1.807) is 6.20 Å². The van der Waals surface area contributed by atoms with E-state index in [9.17, 15) is 9.18 Å². The number of carbonyl (C=O) groups is 1. The van der Waals surface area contributed by atoms with Crippen LogP contribution in [0.4, 0.5) is 10.2 Å². The minimum atomic E-state index is -0.657. The normalized spacial score (nSPS) is 22.7. The third-order valence-electron chi connectivity index (χ3n) is 7.13. The van der Waals surface area contributed by atoms with Gasteiger partial charge < -0.3 is 20.0 Å². The van der Waals surface area contributed by atoms with Gasteiger partial charge in [0.2, 0.25) is 5.91 Å². The van der Waals surface area contributed by atoms with Crippen molar-refractivity contribution in [3.05, 3.63) is 23.5 Å². The number of alkyl halides is 1. The van der Waals surface area contributed by atoms with E-state index in [4.69, 9.17) is 4.98 Å². The molecule has 2 aromatic heterocycles. The molecule has 2 aromatic rings. The molecule has 0 aromatic carbocycles. The van der Waals surface area contributed by atoms with Gasteiger partial charge in [0.1, 0.15) is 12.0 Å². The Morgan fingerprint density at radius 3 is 2.84 bits per heavy atom. The molecule has 174 valence electrons. The topological polar surface area (TPSA) is 69.0 Å². The molecule has 0 radical (unpaired) electrons. The number of nitrogens with one attached hydrogen (secondary N) is 1. The largest absolute Gasteiger partial charge is 0.356 e. The molecule has 5 rings (SSSR count). The molecule has 0 aliphatic carbocycles. The van der Waals surface area contributed by atoms with Gasteiger partial charge in [0.15, 0.2) is 5.65 Å². The van der Waals surface area contributed by atoms with Crippen LogP contribution in [0.25, 0.3) is 5.65 Å². The van der Waals surface area contributed by atoms with Crippen LogP contribution in [0.15, 0.2) is 12.3 Å². The van der Waals surface area contributed by atoms with Gasteiger partial charge in [-0.1, -0.05) is 0 Å². The van der Waals surface area contributed by atoms with E-state index in [1.807, 2.05) is 10.6 Å². The first-order valence-electron chi connectivity index (χ1n) is 12.0. The van der Waals surface area contributed by atoms with E-state index < -0.39 is 6.17 Å². The van der Waals surface area contributed by atoms with Crippen molar-refractivity contribution in [3.8, 4) is 0 Å². The van der Waals surface area contributed by atoms with Gasteiger partial charge in [-0.05, 0) is 39.3 Å². The molecule has 3 aliphatic heterocycles. The summed E-state index contributed by atoms with van der Waals surface area (Å²) in [5, 5.41) is 7.63. The maximum absolute atomic E-state index is 13.2. The summed E-state index contributed by atoms with van der Waals surface area (Å²) in [6.07, 6.45) is 5.65. The van der Waals surface area contributed by atoms with E-state index in [-0.39, 0.29) is 11.8 Å². The second-order valence-corrected chi connectivity index (χ2v) is 9.55. The van der Waals surface area contributed by atoms with Gasteiger partial charge in [-0.2, -0.15) is 9.61 Å². The Morgan fingerprint density at radius 1 is 1.19 bits per heavy atom. The number of nitrogens with zero attached hydrogens (tertiary/aromatic N) is 6. The third-order valence-corrected chi connectivity index (χ3v) is 7.13. The molecule has 8 nitrogen and oxygen atoms in total. The zero-order valence-corrected chi connectivity index (χ0v) is 19.0. The molecular formula is C23H34FN7O. The van der Waals surface area contributed by atoms with Crippen molar-refractivity contribution in [3.63, 3.8) is 0 Å². The van der Waals surface area contributed by atoms with Crippen LogP contribution in [0.3, 0.4) is 0 Å². The lowest BCUT2D eigenvalue weighted by molar-refractivity contribution is -0.125. The van der Waals surface area contributed by atoms with Gasteiger partial charge in [0.05, 0.1) is 17.8 Å². The summed E-state index contributed by atoms with van der Waals surface area (Å²) in [4.78, 5) is 24.3. The number of likely N-dealkylation sites (tertiary alicyclic amines) is 1. The number of halogens is 1. The van der Waals surface area contributed by atoms with Crippen molar-refractivity contribution in [2.24, 2.45) is 5.92 Å². The van der Waals surface area contributed by atoms with Crippen LogP contribution in [0.2, 0.25) is 0 Å². The number of amides is 1. The number of likely N-dealkylation sites (N-methyl/N-ethyl adjacent to an activating group) is 1. The van der Waals surface area contributed by atoms with Crippen molar-refractivity contribution < 1.29 is 9.18 Å². The fourth-order valence-corrected chi connectivity index (χ4v) is 5.13. The average molecular weight is 444 g/mol. The monoisotopic (exact) mass is 443 g/mol. The number of hydrogen-bond acceptors (Lipinski definition) is 6. The first-order valence-corrected chi connectivity index (χ1v) is 12.0. The fraction of sp³-hybridized carbons (Fsp3) is 0.696. The molecule has 3 aliphatic rings. The standard InChI is InChI=1S/C23H34FN7O/c1-28-11-6-19-20(7-12-28)27-21-4-9-26-31(21)23(19)30-14-17(15-30)22(32)25-8-2-3-10-29-13-5-18(24)16-29/h4,9,17-18H,2-3,5-8,10-16H2,1H3,(H,25,32)/t18-/m0/s1. The van der Waals surface area contributed by atoms with Crippen molar-refractivity contribution in [1.29, 1.82) is 0 Å². The third kappa shape index (κ3) is 4.45. The molecule has 2 fully saturated rings. The number of anilines is 1. The van der Waals surface area contributed by atoms with Crippen LogP contribution in [-0.2, 0) is 17.6 Å². The Balaban J connectivity index is 1.14. The molecule has 0 saturated carbocycles. The number of fused-ring (bicyclic) bond motifs is 2. The Morgan fingerprint density at radius 2 is 2.03 bits per heavy atom. The number of unbranched alkanes of at least 4 members (excludes halogenated alkanes) is 1. The smallest absolute Gasteiger partial charge is 0.226 e. The molecule has 0 unspecified atom stereocenters. The predicted octanol–water partition coefficient (Wildman–Crippen LogP) is 1.14. The Labute approximate surface area is 188 Å². The Kier molecular flexibility index (Phi) is 6.28.